The molecule has 0 radical (unpaired) electrons. The minimum atomic E-state index is 0. The number of rotatable bonds is 2. The van der Waals surface area contributed by atoms with E-state index in [1.54, 1.807) is 12.1 Å². The quantitative estimate of drug-likeness (QED) is 0.360. The fourth-order valence-corrected chi connectivity index (χ4v) is 2.70. The molecule has 0 heterocycles. The maximum absolute atomic E-state index is 7.00. The van der Waals surface area contributed by atoms with Crippen molar-refractivity contribution >= 4 is 36.1 Å². The first kappa shape index (κ1) is 26.1. The Bertz CT molecular complexity index is 694. The normalized spacial score (nSPS) is 11.7. The van der Waals surface area contributed by atoms with Crippen molar-refractivity contribution < 1.29 is 21.7 Å². The van der Waals surface area contributed by atoms with E-state index in [1.165, 1.54) is 27.8 Å². The van der Waals surface area contributed by atoms with Gasteiger partial charge in [0.05, 0.1) is 0 Å². The van der Waals surface area contributed by atoms with E-state index in [-0.39, 0.29) is 46.5 Å². The Morgan fingerprint density at radius 1 is 0.880 bits per heavy atom. The first-order valence-electron chi connectivity index (χ1n) is 7.64. The zero-order chi connectivity index (χ0) is 15.9. The van der Waals surface area contributed by atoms with Crippen molar-refractivity contribution in [2.75, 3.05) is 0 Å². The number of hydrogen-bond acceptors (Lipinski definition) is 0. The van der Waals surface area contributed by atoms with Crippen molar-refractivity contribution in [2.24, 2.45) is 0 Å². The SMILES string of the molecule is C[CH-]c1ccccc1C1=C(C)C=C(C)C1.Cl.Cl.[NH-]c1ccccc1.[Ti+2]. The van der Waals surface area contributed by atoms with Crippen LogP contribution in [-0.2, 0) is 21.7 Å². The molecule has 0 atom stereocenters. The molecule has 0 aliphatic heterocycles. The van der Waals surface area contributed by atoms with E-state index in [9.17, 15) is 0 Å². The topological polar surface area (TPSA) is 23.8 Å². The van der Waals surface area contributed by atoms with E-state index in [4.69, 9.17) is 5.73 Å². The van der Waals surface area contributed by atoms with E-state index < -0.39 is 0 Å². The zero-order valence-corrected chi connectivity index (χ0v) is 18.1. The van der Waals surface area contributed by atoms with Gasteiger partial charge in [-0.25, -0.2) is 0 Å². The predicted molar refractivity (Wildman–Crippen MR) is 111 cm³/mol. The molecule has 1 aliphatic carbocycles. The molecule has 2 aromatic rings. The largest absolute Gasteiger partial charge is 2.00 e. The molecule has 0 spiro atoms. The smallest absolute Gasteiger partial charge is 0.699 e. The van der Waals surface area contributed by atoms with Crippen LogP contribution in [0.5, 0.6) is 0 Å². The van der Waals surface area contributed by atoms with Crippen LogP contribution in [0.1, 0.15) is 38.3 Å². The molecule has 25 heavy (non-hydrogen) atoms. The van der Waals surface area contributed by atoms with Gasteiger partial charge in [0.15, 0.2) is 0 Å². The minimum absolute atomic E-state index is 0. The Hall–Kier alpha value is -1.12. The van der Waals surface area contributed by atoms with Crippen LogP contribution in [0.2, 0.25) is 0 Å². The molecule has 1 N–H and O–H groups in total. The predicted octanol–water partition coefficient (Wildman–Crippen LogP) is 7.59. The molecule has 0 amide bonds. The summed E-state index contributed by atoms with van der Waals surface area (Å²) in [5.74, 6) is 0. The van der Waals surface area contributed by atoms with Crippen molar-refractivity contribution in [1.29, 1.82) is 0 Å². The first-order chi connectivity index (χ1) is 10.6. The van der Waals surface area contributed by atoms with Crippen molar-refractivity contribution in [2.45, 2.75) is 27.2 Å². The second kappa shape index (κ2) is 13.1. The van der Waals surface area contributed by atoms with Gasteiger partial charge in [-0.2, -0.15) is 18.1 Å². The van der Waals surface area contributed by atoms with Crippen molar-refractivity contribution in [3.05, 3.63) is 95.1 Å². The molecule has 0 unspecified atom stereocenters. The summed E-state index contributed by atoms with van der Waals surface area (Å²) in [4.78, 5) is 0. The second-order valence-corrected chi connectivity index (χ2v) is 5.57. The molecule has 0 aromatic heterocycles. The third-order valence-corrected chi connectivity index (χ3v) is 3.77. The van der Waals surface area contributed by atoms with E-state index in [2.05, 4.69) is 57.5 Å². The van der Waals surface area contributed by atoms with Gasteiger partial charge in [0.2, 0.25) is 0 Å². The van der Waals surface area contributed by atoms with Crippen molar-refractivity contribution in [1.82, 2.24) is 0 Å². The Morgan fingerprint density at radius 2 is 1.44 bits per heavy atom. The third kappa shape index (κ3) is 7.75. The van der Waals surface area contributed by atoms with Gasteiger partial charge < -0.3 is 5.73 Å². The molecular formula is C21H25Cl2NTi. The molecule has 0 saturated heterocycles. The van der Waals surface area contributed by atoms with Crippen LogP contribution in [0.25, 0.3) is 11.3 Å². The molecule has 0 bridgehead atoms. The van der Waals surface area contributed by atoms with Gasteiger partial charge in [0.25, 0.3) is 0 Å². The molecule has 3 rings (SSSR count). The van der Waals surface area contributed by atoms with Crippen LogP contribution in [-0.4, -0.2) is 0 Å². The minimum Gasteiger partial charge on any atom is -0.699 e. The van der Waals surface area contributed by atoms with Gasteiger partial charge in [-0.3, -0.25) is 0 Å². The van der Waals surface area contributed by atoms with Gasteiger partial charge in [0, 0.05) is 0 Å². The van der Waals surface area contributed by atoms with Gasteiger partial charge in [-0.1, -0.05) is 66.1 Å². The first-order valence-corrected chi connectivity index (χ1v) is 7.64. The van der Waals surface area contributed by atoms with Crippen molar-refractivity contribution in [3.8, 4) is 0 Å². The number of halogens is 2. The maximum Gasteiger partial charge on any atom is 2.00 e. The molecule has 2 aromatic carbocycles. The summed E-state index contributed by atoms with van der Waals surface area (Å²) in [6, 6.07) is 17.7. The van der Waals surface area contributed by atoms with Gasteiger partial charge in [-0.15, -0.1) is 48.2 Å². The van der Waals surface area contributed by atoms with E-state index in [0.717, 1.165) is 6.42 Å². The summed E-state index contributed by atoms with van der Waals surface area (Å²) in [5.41, 5.74) is 14.7. The van der Waals surface area contributed by atoms with Gasteiger partial charge in [-0.05, 0) is 20.3 Å². The molecule has 1 nitrogen and oxygen atoms in total. The third-order valence-electron chi connectivity index (χ3n) is 3.77. The van der Waals surface area contributed by atoms with E-state index in [0.29, 0.717) is 5.69 Å². The van der Waals surface area contributed by atoms with Crippen LogP contribution < -0.4 is 0 Å². The van der Waals surface area contributed by atoms with Crippen LogP contribution in [0.4, 0.5) is 5.69 Å². The van der Waals surface area contributed by atoms with Crippen LogP contribution in [0, 0.1) is 6.42 Å². The molecular weight excluding hydrogens is 385 g/mol. The monoisotopic (exact) mass is 409 g/mol. The Balaban J connectivity index is 0. The average Bonchev–Trinajstić information content (AvgIpc) is 2.87. The summed E-state index contributed by atoms with van der Waals surface area (Å²) >= 11 is 0. The molecule has 4 heteroatoms. The van der Waals surface area contributed by atoms with Crippen LogP contribution >= 0.6 is 24.8 Å². The molecule has 0 saturated carbocycles. The maximum atomic E-state index is 7.00. The summed E-state index contributed by atoms with van der Waals surface area (Å²) in [6.45, 7) is 6.51. The number of nitrogens with one attached hydrogen (secondary N) is 1. The summed E-state index contributed by atoms with van der Waals surface area (Å²) in [5, 5.41) is 0. The summed E-state index contributed by atoms with van der Waals surface area (Å²) in [6.07, 6.45) is 5.59. The number of allylic oxidation sites excluding steroid dienone is 4. The van der Waals surface area contributed by atoms with Crippen LogP contribution in [0.15, 0.2) is 71.8 Å². The number of hydrogen-bond donors (Lipinski definition) is 0. The zero-order valence-electron chi connectivity index (χ0n) is 14.9. The summed E-state index contributed by atoms with van der Waals surface area (Å²) < 4.78 is 0. The Morgan fingerprint density at radius 3 is 1.88 bits per heavy atom. The van der Waals surface area contributed by atoms with Gasteiger partial charge >= 0.3 is 21.7 Å². The fourth-order valence-electron chi connectivity index (χ4n) is 2.70. The van der Waals surface area contributed by atoms with Crippen molar-refractivity contribution in [3.63, 3.8) is 0 Å². The number of benzene rings is 2. The fraction of sp³-hybridized carbons (Fsp3) is 0.190. The molecule has 1 aliphatic rings. The van der Waals surface area contributed by atoms with Gasteiger partial charge in [0.1, 0.15) is 0 Å². The standard InChI is InChI=1S/C15H17.C6H6N.2ClH.Ti/c1-4-13-7-5-6-8-14(13)15-10-11(2)9-12(15)3;7-6-4-2-1-3-5-6;;;/h4-9H,10H2,1-3H3;1-5,7H;2*1H;/q2*-1;;;+2. The second-order valence-electron chi connectivity index (χ2n) is 5.57. The molecule has 0 fully saturated rings. The average molecular weight is 410 g/mol. The van der Waals surface area contributed by atoms with E-state index in [1.807, 2.05) is 18.2 Å². The molecule has 132 valence electrons. The Kier molecular flexibility index (Phi) is 13.7. The van der Waals surface area contributed by atoms with E-state index >= 15 is 0 Å². The summed E-state index contributed by atoms with van der Waals surface area (Å²) in [7, 11) is 0. The van der Waals surface area contributed by atoms with Crippen LogP contribution in [0.3, 0.4) is 0 Å². The Labute approximate surface area is 179 Å².